The Bertz CT molecular complexity index is 174. The highest BCUT2D eigenvalue weighted by Gasteiger charge is 2.42. The van der Waals surface area contributed by atoms with E-state index in [-0.39, 0.29) is 6.54 Å². The topological polar surface area (TPSA) is 29.3 Å². The Balaban J connectivity index is 2.56. The first-order valence-electron chi connectivity index (χ1n) is 5.56. The zero-order valence-corrected chi connectivity index (χ0v) is 8.89. The summed E-state index contributed by atoms with van der Waals surface area (Å²) in [6, 6.07) is -1.45. The molecule has 0 radical (unpaired) electrons. The first-order chi connectivity index (χ1) is 7.05. The molecule has 15 heavy (non-hydrogen) atoms. The second-order valence-electron chi connectivity index (χ2n) is 4.10. The van der Waals surface area contributed by atoms with Gasteiger partial charge in [-0.25, -0.2) is 0 Å². The van der Waals surface area contributed by atoms with Crippen LogP contribution in [-0.2, 0) is 0 Å². The van der Waals surface area contributed by atoms with Crippen molar-refractivity contribution in [2.75, 3.05) is 19.6 Å². The quantitative estimate of drug-likeness (QED) is 0.778. The third-order valence-corrected chi connectivity index (χ3v) is 2.93. The van der Waals surface area contributed by atoms with E-state index in [1.54, 1.807) is 0 Å². The average Bonchev–Trinajstić information content (AvgIpc) is 2.07. The molecule has 1 fully saturated rings. The summed E-state index contributed by atoms with van der Waals surface area (Å²) < 4.78 is 37.9. The summed E-state index contributed by atoms with van der Waals surface area (Å²) in [4.78, 5) is 1.50. The molecule has 1 rings (SSSR count). The van der Waals surface area contributed by atoms with Gasteiger partial charge in [0.25, 0.3) is 0 Å². The number of nitrogens with zero attached hydrogens (tertiary/aromatic N) is 1. The molecule has 1 aliphatic rings. The lowest BCUT2D eigenvalue weighted by Gasteiger charge is -2.33. The third kappa shape index (κ3) is 3.99. The summed E-state index contributed by atoms with van der Waals surface area (Å²) in [5.74, 6) is 0. The molecule has 0 aliphatic carbocycles. The highest BCUT2D eigenvalue weighted by atomic mass is 19.4. The molecule has 0 aromatic rings. The molecule has 0 bridgehead atoms. The molecule has 90 valence electrons. The number of nitrogens with two attached hydrogens (primary N) is 1. The highest BCUT2D eigenvalue weighted by molar-refractivity contribution is 4.80. The molecular weight excluding hydrogens is 205 g/mol. The normalized spacial score (nSPS) is 23.2. The molecule has 0 aromatic heterocycles. The van der Waals surface area contributed by atoms with E-state index in [1.807, 2.05) is 0 Å². The second kappa shape index (κ2) is 5.70. The van der Waals surface area contributed by atoms with Crippen molar-refractivity contribution in [3.8, 4) is 0 Å². The predicted molar refractivity (Wildman–Crippen MR) is 53.6 cm³/mol. The van der Waals surface area contributed by atoms with Crippen LogP contribution in [-0.4, -0.2) is 36.8 Å². The van der Waals surface area contributed by atoms with Crippen LogP contribution in [0.1, 0.15) is 32.1 Å². The number of halogens is 3. The van der Waals surface area contributed by atoms with Gasteiger partial charge in [0, 0.05) is 6.54 Å². The maximum Gasteiger partial charge on any atom is 0.405 e. The van der Waals surface area contributed by atoms with Crippen molar-refractivity contribution in [3.63, 3.8) is 0 Å². The van der Waals surface area contributed by atoms with E-state index < -0.39 is 12.2 Å². The van der Waals surface area contributed by atoms with Gasteiger partial charge >= 0.3 is 6.18 Å². The van der Waals surface area contributed by atoms with Gasteiger partial charge in [-0.05, 0) is 25.9 Å². The summed E-state index contributed by atoms with van der Waals surface area (Å²) in [6.45, 7) is 0.728. The molecule has 1 heterocycles. The van der Waals surface area contributed by atoms with Crippen molar-refractivity contribution < 1.29 is 13.2 Å². The molecule has 0 saturated carbocycles. The van der Waals surface area contributed by atoms with Crippen molar-refractivity contribution in [1.29, 1.82) is 0 Å². The van der Waals surface area contributed by atoms with Crippen molar-refractivity contribution >= 4 is 0 Å². The Kier molecular flexibility index (Phi) is 4.86. The fraction of sp³-hybridized carbons (Fsp3) is 1.00. The van der Waals surface area contributed by atoms with Crippen LogP contribution in [0.15, 0.2) is 0 Å². The third-order valence-electron chi connectivity index (χ3n) is 2.93. The van der Waals surface area contributed by atoms with Gasteiger partial charge in [-0.3, -0.25) is 4.90 Å². The number of alkyl halides is 3. The molecule has 5 heteroatoms. The van der Waals surface area contributed by atoms with Gasteiger partial charge in [-0.15, -0.1) is 0 Å². The van der Waals surface area contributed by atoms with E-state index in [2.05, 4.69) is 0 Å². The Hall–Kier alpha value is -0.290. The minimum Gasteiger partial charge on any atom is -0.329 e. The number of hydrogen-bond acceptors (Lipinski definition) is 2. The molecule has 1 atom stereocenters. The largest absolute Gasteiger partial charge is 0.405 e. The molecule has 0 spiro atoms. The van der Waals surface area contributed by atoms with Gasteiger partial charge in [-0.2, -0.15) is 13.2 Å². The van der Waals surface area contributed by atoms with Crippen LogP contribution in [0.25, 0.3) is 0 Å². The summed E-state index contributed by atoms with van der Waals surface area (Å²) in [5.41, 5.74) is 5.22. The number of rotatable bonds is 2. The fourth-order valence-corrected chi connectivity index (χ4v) is 2.07. The smallest absolute Gasteiger partial charge is 0.329 e. The summed E-state index contributed by atoms with van der Waals surface area (Å²) in [6.07, 6.45) is 0.734. The van der Waals surface area contributed by atoms with Gasteiger partial charge in [0.1, 0.15) is 6.04 Å². The monoisotopic (exact) mass is 224 g/mol. The lowest BCUT2D eigenvalue weighted by atomic mass is 10.1. The molecule has 1 aliphatic heterocycles. The van der Waals surface area contributed by atoms with Crippen LogP contribution < -0.4 is 5.73 Å². The SMILES string of the molecule is NCC(N1CCCCCCC1)C(F)(F)F. The van der Waals surface area contributed by atoms with Crippen LogP contribution in [0.4, 0.5) is 13.2 Å². The summed E-state index contributed by atoms with van der Waals surface area (Å²) in [7, 11) is 0. The Morgan fingerprint density at radius 2 is 1.47 bits per heavy atom. The fourth-order valence-electron chi connectivity index (χ4n) is 2.07. The minimum absolute atomic E-state index is 0.330. The Labute approximate surface area is 88.6 Å². The van der Waals surface area contributed by atoms with E-state index in [0.717, 1.165) is 32.1 Å². The molecule has 0 aromatic carbocycles. The molecule has 1 unspecified atom stereocenters. The van der Waals surface area contributed by atoms with E-state index in [1.165, 1.54) is 4.90 Å². The van der Waals surface area contributed by atoms with Gasteiger partial charge in [0.2, 0.25) is 0 Å². The van der Waals surface area contributed by atoms with Crippen LogP contribution in [0, 0.1) is 0 Å². The second-order valence-corrected chi connectivity index (χ2v) is 4.10. The maximum absolute atomic E-state index is 12.6. The van der Waals surface area contributed by atoms with Crippen LogP contribution in [0.5, 0.6) is 0 Å². The molecule has 2 N–H and O–H groups in total. The first-order valence-corrected chi connectivity index (χ1v) is 5.56. The predicted octanol–water partition coefficient (Wildman–Crippen LogP) is 2.14. The standard InChI is InChI=1S/C10H19F3N2/c11-10(12,13)9(8-14)15-6-4-2-1-3-5-7-15/h9H,1-8,14H2. The number of hydrogen-bond donors (Lipinski definition) is 1. The summed E-state index contributed by atoms with van der Waals surface area (Å²) in [5, 5.41) is 0. The van der Waals surface area contributed by atoms with Gasteiger partial charge in [-0.1, -0.05) is 19.3 Å². The highest BCUT2D eigenvalue weighted by Crippen LogP contribution is 2.25. The van der Waals surface area contributed by atoms with E-state index in [4.69, 9.17) is 5.73 Å². The van der Waals surface area contributed by atoms with Crippen molar-refractivity contribution in [3.05, 3.63) is 0 Å². The zero-order valence-electron chi connectivity index (χ0n) is 8.89. The van der Waals surface area contributed by atoms with E-state index in [0.29, 0.717) is 13.1 Å². The lowest BCUT2D eigenvalue weighted by Crippen LogP contribution is -2.51. The average molecular weight is 224 g/mol. The van der Waals surface area contributed by atoms with E-state index >= 15 is 0 Å². The maximum atomic E-state index is 12.6. The molecule has 2 nitrogen and oxygen atoms in total. The van der Waals surface area contributed by atoms with Gasteiger partial charge in [0.05, 0.1) is 0 Å². The molecular formula is C10H19F3N2. The lowest BCUT2D eigenvalue weighted by molar-refractivity contribution is -0.181. The Morgan fingerprint density at radius 3 is 1.87 bits per heavy atom. The van der Waals surface area contributed by atoms with Crippen molar-refractivity contribution in [1.82, 2.24) is 4.90 Å². The zero-order chi connectivity index (χ0) is 11.3. The minimum atomic E-state index is -4.19. The van der Waals surface area contributed by atoms with Crippen LogP contribution in [0.3, 0.4) is 0 Å². The van der Waals surface area contributed by atoms with Crippen LogP contribution >= 0.6 is 0 Å². The summed E-state index contributed by atoms with van der Waals surface area (Å²) >= 11 is 0. The first kappa shape index (κ1) is 12.8. The van der Waals surface area contributed by atoms with Crippen molar-refractivity contribution in [2.45, 2.75) is 44.3 Å². The van der Waals surface area contributed by atoms with Gasteiger partial charge in [0.15, 0.2) is 0 Å². The van der Waals surface area contributed by atoms with Gasteiger partial charge < -0.3 is 5.73 Å². The molecule has 0 amide bonds. The van der Waals surface area contributed by atoms with Crippen LogP contribution in [0.2, 0.25) is 0 Å². The molecule has 1 saturated heterocycles. The van der Waals surface area contributed by atoms with E-state index in [9.17, 15) is 13.2 Å². The van der Waals surface area contributed by atoms with Crippen molar-refractivity contribution in [2.24, 2.45) is 5.73 Å². The number of likely N-dealkylation sites (tertiary alicyclic amines) is 1. The Morgan fingerprint density at radius 1 is 1.00 bits per heavy atom.